The van der Waals surface area contributed by atoms with Crippen LogP contribution >= 0.6 is 11.3 Å². The maximum absolute atomic E-state index is 5.41. The molecule has 57 heavy (non-hydrogen) atoms. The van der Waals surface area contributed by atoms with Gasteiger partial charge in [0.15, 0.2) is 17.5 Å². The summed E-state index contributed by atoms with van der Waals surface area (Å²) in [5.41, 5.74) is 9.40. The number of hydrogen-bond acceptors (Lipinski definition) is 4. The van der Waals surface area contributed by atoms with Gasteiger partial charge in [0.1, 0.15) is 0 Å². The predicted molar refractivity (Wildman–Crippen MR) is 238 cm³/mol. The highest BCUT2D eigenvalue weighted by Crippen LogP contribution is 2.48. The van der Waals surface area contributed by atoms with Crippen molar-refractivity contribution in [2.24, 2.45) is 0 Å². The molecule has 12 rings (SSSR count). The maximum atomic E-state index is 5.41. The van der Waals surface area contributed by atoms with Crippen LogP contribution in [0.1, 0.15) is 0 Å². The molecule has 0 amide bonds. The summed E-state index contributed by atoms with van der Waals surface area (Å²) in [6.45, 7) is 0. The molecule has 0 aliphatic carbocycles. The van der Waals surface area contributed by atoms with E-state index in [4.69, 9.17) is 15.0 Å². The van der Waals surface area contributed by atoms with Gasteiger partial charge in [0, 0.05) is 53.7 Å². The fourth-order valence-corrected chi connectivity index (χ4v) is 9.91. The van der Waals surface area contributed by atoms with E-state index in [2.05, 4.69) is 161 Å². The monoisotopic (exact) mass is 745 g/mol. The SMILES string of the molecule is c1ccc(-c2nc(-c3ccccc3)nc(-c3cc4c(sc5ccccc54)c(-n4c5ccccc5c5ccccc54)c3-n3c4ccccc4c4ccccc43)n2)cc1. The normalized spacial score (nSPS) is 11.9. The molecule has 0 unspecified atom stereocenters. The number of nitrogens with zero attached hydrogens (tertiary/aromatic N) is 5. The van der Waals surface area contributed by atoms with E-state index in [1.807, 2.05) is 47.7 Å². The lowest BCUT2D eigenvalue weighted by Gasteiger charge is -2.21. The minimum Gasteiger partial charge on any atom is -0.306 e. The minimum atomic E-state index is 0.610. The lowest BCUT2D eigenvalue weighted by Crippen LogP contribution is -2.08. The Morgan fingerprint density at radius 1 is 0.333 bits per heavy atom. The molecule has 12 aromatic rings. The first kappa shape index (κ1) is 31.9. The van der Waals surface area contributed by atoms with Crippen LogP contribution in [0, 0.1) is 0 Å². The van der Waals surface area contributed by atoms with E-state index in [0.29, 0.717) is 17.5 Å². The van der Waals surface area contributed by atoms with Crippen LogP contribution < -0.4 is 0 Å². The Labute approximate surface area is 331 Å². The molecule has 0 atom stereocenters. The lowest BCUT2D eigenvalue weighted by molar-refractivity contribution is 1.06. The average molecular weight is 746 g/mol. The molecule has 5 nitrogen and oxygen atoms in total. The van der Waals surface area contributed by atoms with E-state index in [1.54, 1.807) is 0 Å². The van der Waals surface area contributed by atoms with Gasteiger partial charge in [0.05, 0.1) is 38.1 Å². The van der Waals surface area contributed by atoms with Crippen LogP contribution in [0.2, 0.25) is 0 Å². The van der Waals surface area contributed by atoms with Crippen molar-refractivity contribution in [3.8, 4) is 45.5 Å². The Hall–Kier alpha value is -7.41. The molecule has 6 heteroatoms. The molecule has 0 bridgehead atoms. The summed E-state index contributed by atoms with van der Waals surface area (Å²) in [6.07, 6.45) is 0. The second-order valence-corrected chi connectivity index (χ2v) is 15.4. The Balaban J connectivity index is 1.34. The van der Waals surface area contributed by atoms with E-state index >= 15 is 0 Å². The van der Waals surface area contributed by atoms with Crippen molar-refractivity contribution in [1.29, 1.82) is 0 Å². The van der Waals surface area contributed by atoms with E-state index in [9.17, 15) is 0 Å². The van der Waals surface area contributed by atoms with Crippen LogP contribution in [-0.2, 0) is 0 Å². The quantitative estimate of drug-likeness (QED) is 0.176. The number of para-hydroxylation sites is 4. The third-order valence-corrected chi connectivity index (χ3v) is 12.4. The summed E-state index contributed by atoms with van der Waals surface area (Å²) < 4.78 is 7.37. The Morgan fingerprint density at radius 3 is 1.21 bits per heavy atom. The highest BCUT2D eigenvalue weighted by Gasteiger charge is 2.28. The molecule has 4 aromatic heterocycles. The van der Waals surface area contributed by atoms with E-state index in [0.717, 1.165) is 55.5 Å². The second-order valence-electron chi connectivity index (χ2n) is 14.4. The number of aromatic nitrogens is 5. The van der Waals surface area contributed by atoms with Crippen molar-refractivity contribution in [1.82, 2.24) is 24.1 Å². The van der Waals surface area contributed by atoms with Crippen LogP contribution in [0.3, 0.4) is 0 Å². The highest BCUT2D eigenvalue weighted by atomic mass is 32.1. The summed E-state index contributed by atoms with van der Waals surface area (Å²) >= 11 is 1.84. The second kappa shape index (κ2) is 12.6. The van der Waals surface area contributed by atoms with Crippen LogP contribution in [0.25, 0.3) is 109 Å². The zero-order valence-electron chi connectivity index (χ0n) is 30.5. The van der Waals surface area contributed by atoms with Gasteiger partial charge in [0.2, 0.25) is 0 Å². The fourth-order valence-electron chi connectivity index (χ4n) is 8.69. The van der Waals surface area contributed by atoms with Gasteiger partial charge >= 0.3 is 0 Å². The number of fused-ring (bicyclic) bond motifs is 9. The Bertz CT molecular complexity index is 3360. The molecule has 0 fully saturated rings. The van der Waals surface area contributed by atoms with Gasteiger partial charge in [-0.15, -0.1) is 11.3 Å². The van der Waals surface area contributed by atoms with Gasteiger partial charge in [-0.05, 0) is 36.4 Å². The zero-order chi connectivity index (χ0) is 37.5. The van der Waals surface area contributed by atoms with Crippen molar-refractivity contribution in [3.05, 3.63) is 188 Å². The third-order valence-electron chi connectivity index (χ3n) is 11.2. The number of rotatable bonds is 5. The molecule has 4 heterocycles. The summed E-state index contributed by atoms with van der Waals surface area (Å²) in [7, 11) is 0. The van der Waals surface area contributed by atoms with Crippen molar-refractivity contribution in [2.45, 2.75) is 0 Å². The van der Waals surface area contributed by atoms with Gasteiger partial charge in [-0.3, -0.25) is 0 Å². The molecule has 0 N–H and O–H groups in total. The molecule has 8 aromatic carbocycles. The van der Waals surface area contributed by atoms with E-state index < -0.39 is 0 Å². The first-order valence-corrected chi connectivity index (χ1v) is 19.9. The maximum Gasteiger partial charge on any atom is 0.166 e. The number of hydrogen-bond donors (Lipinski definition) is 0. The standard InChI is InChI=1S/C51H31N5S/c1-3-17-32(18-4-1)49-52-50(33-19-5-2-6-20-33)54-51(53-49)40-31-39-38-25-11-16-30-45(38)57-48(39)47(56-43-28-14-9-23-36(43)37-24-10-15-29-44(37)56)46(40)55-41-26-12-7-21-34(41)35-22-8-13-27-42(35)55/h1-31H. The van der Waals surface area contributed by atoms with Gasteiger partial charge < -0.3 is 9.13 Å². The lowest BCUT2D eigenvalue weighted by atomic mass is 10.0. The molecule has 0 saturated heterocycles. The minimum absolute atomic E-state index is 0.610. The Kier molecular flexibility index (Phi) is 7.03. The summed E-state index contributed by atoms with van der Waals surface area (Å²) in [4.78, 5) is 15.9. The molecule has 0 radical (unpaired) electrons. The van der Waals surface area contributed by atoms with E-state index in [-0.39, 0.29) is 0 Å². The summed E-state index contributed by atoms with van der Waals surface area (Å²) in [6, 6.07) is 66.6. The van der Waals surface area contributed by atoms with Crippen LogP contribution in [0.4, 0.5) is 0 Å². The summed E-state index contributed by atoms with van der Waals surface area (Å²) in [5.74, 6) is 1.86. The fraction of sp³-hybridized carbons (Fsp3) is 0. The first-order valence-electron chi connectivity index (χ1n) is 19.1. The van der Waals surface area contributed by atoms with E-state index in [1.165, 1.54) is 36.3 Å². The van der Waals surface area contributed by atoms with Gasteiger partial charge in [-0.1, -0.05) is 152 Å². The first-order chi connectivity index (χ1) is 28.3. The van der Waals surface area contributed by atoms with Crippen LogP contribution in [-0.4, -0.2) is 24.1 Å². The third kappa shape index (κ3) is 4.84. The van der Waals surface area contributed by atoms with Crippen molar-refractivity contribution < 1.29 is 0 Å². The molecular formula is C51H31N5S. The molecule has 0 aliphatic heterocycles. The smallest absolute Gasteiger partial charge is 0.166 e. The average Bonchev–Trinajstić information content (AvgIpc) is 3.94. The molecule has 0 spiro atoms. The predicted octanol–water partition coefficient (Wildman–Crippen LogP) is 13.4. The number of thiophene rings is 1. The molecule has 0 saturated carbocycles. The van der Waals surface area contributed by atoms with Crippen LogP contribution in [0.5, 0.6) is 0 Å². The largest absolute Gasteiger partial charge is 0.306 e. The van der Waals surface area contributed by atoms with Crippen molar-refractivity contribution in [2.75, 3.05) is 0 Å². The molecular weight excluding hydrogens is 715 g/mol. The van der Waals surface area contributed by atoms with Crippen molar-refractivity contribution in [3.63, 3.8) is 0 Å². The molecule has 266 valence electrons. The van der Waals surface area contributed by atoms with Crippen molar-refractivity contribution >= 4 is 75.1 Å². The molecule has 0 aliphatic rings. The summed E-state index contributed by atoms with van der Waals surface area (Å²) in [5, 5.41) is 7.16. The zero-order valence-corrected chi connectivity index (χ0v) is 31.4. The highest BCUT2D eigenvalue weighted by molar-refractivity contribution is 7.26. The van der Waals surface area contributed by atoms with Gasteiger partial charge in [-0.25, -0.2) is 15.0 Å². The number of benzene rings is 8. The van der Waals surface area contributed by atoms with Gasteiger partial charge in [-0.2, -0.15) is 0 Å². The van der Waals surface area contributed by atoms with Gasteiger partial charge in [0.25, 0.3) is 0 Å². The Morgan fingerprint density at radius 2 is 0.719 bits per heavy atom. The van der Waals surface area contributed by atoms with Crippen LogP contribution in [0.15, 0.2) is 188 Å². The topological polar surface area (TPSA) is 48.5 Å².